The zero-order valence-corrected chi connectivity index (χ0v) is 15.4. The lowest BCUT2D eigenvalue weighted by Gasteiger charge is -2.12. The molecule has 10 heteroatoms. The summed E-state index contributed by atoms with van der Waals surface area (Å²) in [6.45, 7) is 0.407. The van der Waals surface area contributed by atoms with Crippen molar-refractivity contribution < 1.29 is 19.1 Å². The van der Waals surface area contributed by atoms with Crippen LogP contribution in [0.1, 0.15) is 31.1 Å². The normalized spacial score (nSPS) is 12.9. The van der Waals surface area contributed by atoms with Crippen LogP contribution in [0.2, 0.25) is 0 Å². The molecule has 0 bridgehead atoms. The van der Waals surface area contributed by atoms with Crippen molar-refractivity contribution in [2.75, 3.05) is 25.6 Å². The fraction of sp³-hybridized carbons (Fsp3) is 0.158. The van der Waals surface area contributed by atoms with Gasteiger partial charge in [0.1, 0.15) is 6.33 Å². The van der Waals surface area contributed by atoms with E-state index in [0.717, 1.165) is 4.90 Å². The third-order valence-electron chi connectivity index (χ3n) is 4.47. The summed E-state index contributed by atoms with van der Waals surface area (Å²) in [7, 11) is 1.50. The standard InChI is InChI=1S/C19H16N6O4/c1-29-8-7-24-18(27)15-6-5-12(9-16(15)19(24)28)17(26)21-13-3-2-4-14(10-13)25-11-20-22-23-25/h2-6,9-11H,7-8H2,1H3,(H,21,26). The second kappa shape index (κ2) is 7.60. The summed E-state index contributed by atoms with van der Waals surface area (Å²) >= 11 is 0. The van der Waals surface area contributed by atoms with E-state index in [1.54, 1.807) is 24.3 Å². The number of carbonyl (C=O) groups is 3. The van der Waals surface area contributed by atoms with Gasteiger partial charge in [-0.3, -0.25) is 19.3 Å². The fourth-order valence-corrected chi connectivity index (χ4v) is 3.03. The van der Waals surface area contributed by atoms with Gasteiger partial charge in [0.25, 0.3) is 17.7 Å². The summed E-state index contributed by atoms with van der Waals surface area (Å²) in [5.41, 5.74) is 1.97. The number of hydrogen-bond acceptors (Lipinski definition) is 7. The van der Waals surface area contributed by atoms with Crippen LogP contribution in [0.25, 0.3) is 5.69 Å². The maximum absolute atomic E-state index is 12.7. The van der Waals surface area contributed by atoms with Crippen LogP contribution in [0, 0.1) is 0 Å². The molecule has 1 aliphatic heterocycles. The summed E-state index contributed by atoms with van der Waals surface area (Å²) in [6.07, 6.45) is 1.44. The number of methoxy groups -OCH3 is 1. The first kappa shape index (κ1) is 18.4. The first-order valence-electron chi connectivity index (χ1n) is 8.72. The average molecular weight is 392 g/mol. The van der Waals surface area contributed by atoms with E-state index in [9.17, 15) is 14.4 Å². The molecule has 3 aromatic rings. The molecule has 0 aliphatic carbocycles. The largest absolute Gasteiger partial charge is 0.383 e. The first-order chi connectivity index (χ1) is 14.1. The van der Waals surface area contributed by atoms with E-state index in [1.165, 1.54) is 36.3 Å². The van der Waals surface area contributed by atoms with Gasteiger partial charge in [0, 0.05) is 18.4 Å². The van der Waals surface area contributed by atoms with Crippen molar-refractivity contribution >= 4 is 23.4 Å². The molecule has 0 atom stereocenters. The quantitative estimate of drug-likeness (QED) is 0.625. The minimum atomic E-state index is -0.433. The Balaban J connectivity index is 1.54. The number of nitrogens with one attached hydrogen (secondary N) is 1. The van der Waals surface area contributed by atoms with Gasteiger partial charge in [0.05, 0.1) is 30.0 Å². The van der Waals surface area contributed by atoms with Gasteiger partial charge < -0.3 is 10.1 Å². The number of nitrogens with zero attached hydrogens (tertiary/aromatic N) is 5. The maximum Gasteiger partial charge on any atom is 0.261 e. The average Bonchev–Trinajstić information content (AvgIpc) is 3.35. The number of aromatic nitrogens is 4. The lowest BCUT2D eigenvalue weighted by Crippen LogP contribution is -2.32. The molecule has 1 aliphatic rings. The van der Waals surface area contributed by atoms with Gasteiger partial charge >= 0.3 is 0 Å². The summed E-state index contributed by atoms with van der Waals surface area (Å²) in [5, 5.41) is 13.7. The second-order valence-electron chi connectivity index (χ2n) is 6.27. The van der Waals surface area contributed by atoms with Gasteiger partial charge in [-0.2, -0.15) is 0 Å². The van der Waals surface area contributed by atoms with Gasteiger partial charge in [-0.1, -0.05) is 6.07 Å². The third-order valence-corrected chi connectivity index (χ3v) is 4.47. The molecule has 1 N–H and O–H groups in total. The summed E-state index contributed by atoms with van der Waals surface area (Å²) in [5.74, 6) is -1.22. The van der Waals surface area contributed by atoms with Crippen molar-refractivity contribution in [3.63, 3.8) is 0 Å². The molecule has 29 heavy (non-hydrogen) atoms. The van der Waals surface area contributed by atoms with Crippen LogP contribution in [0.4, 0.5) is 5.69 Å². The molecule has 146 valence electrons. The van der Waals surface area contributed by atoms with Crippen molar-refractivity contribution in [1.82, 2.24) is 25.1 Å². The zero-order valence-electron chi connectivity index (χ0n) is 15.4. The number of imide groups is 1. The van der Waals surface area contributed by atoms with Crippen LogP contribution in [0.15, 0.2) is 48.8 Å². The topological polar surface area (TPSA) is 119 Å². The Morgan fingerprint density at radius 3 is 2.69 bits per heavy atom. The van der Waals surface area contributed by atoms with E-state index in [0.29, 0.717) is 11.4 Å². The van der Waals surface area contributed by atoms with Crippen molar-refractivity contribution in [2.24, 2.45) is 0 Å². The summed E-state index contributed by atoms with van der Waals surface area (Å²) < 4.78 is 6.40. The Labute approximate surface area is 165 Å². The number of benzene rings is 2. The van der Waals surface area contributed by atoms with Gasteiger partial charge in [-0.25, -0.2) is 4.68 Å². The lowest BCUT2D eigenvalue weighted by molar-refractivity contribution is 0.0603. The van der Waals surface area contributed by atoms with Gasteiger partial charge in [-0.15, -0.1) is 5.10 Å². The molecule has 0 saturated heterocycles. The number of hydrogen-bond donors (Lipinski definition) is 1. The highest BCUT2D eigenvalue weighted by Crippen LogP contribution is 2.24. The van der Waals surface area contributed by atoms with Crippen LogP contribution in [0.5, 0.6) is 0 Å². The number of anilines is 1. The Morgan fingerprint density at radius 1 is 1.10 bits per heavy atom. The van der Waals surface area contributed by atoms with Gasteiger partial charge in [0.15, 0.2) is 0 Å². The zero-order chi connectivity index (χ0) is 20.4. The molecule has 3 amide bonds. The van der Waals surface area contributed by atoms with E-state index >= 15 is 0 Å². The second-order valence-corrected chi connectivity index (χ2v) is 6.27. The number of rotatable bonds is 6. The number of tetrazole rings is 1. The lowest BCUT2D eigenvalue weighted by atomic mass is 10.1. The highest BCUT2D eigenvalue weighted by Gasteiger charge is 2.35. The maximum atomic E-state index is 12.7. The predicted molar refractivity (Wildman–Crippen MR) is 101 cm³/mol. The monoisotopic (exact) mass is 392 g/mol. The highest BCUT2D eigenvalue weighted by molar-refractivity contribution is 6.22. The molecule has 0 saturated carbocycles. The van der Waals surface area contributed by atoms with Crippen LogP contribution in [0.3, 0.4) is 0 Å². The third kappa shape index (κ3) is 3.48. The molecule has 2 heterocycles. The Bertz CT molecular complexity index is 1100. The molecule has 0 spiro atoms. The van der Waals surface area contributed by atoms with E-state index in [2.05, 4.69) is 20.8 Å². The van der Waals surface area contributed by atoms with E-state index in [1.807, 2.05) is 0 Å². The van der Waals surface area contributed by atoms with Crippen LogP contribution in [-0.2, 0) is 4.74 Å². The molecular formula is C19H16N6O4. The van der Waals surface area contributed by atoms with Crippen molar-refractivity contribution in [2.45, 2.75) is 0 Å². The number of ether oxygens (including phenoxy) is 1. The Morgan fingerprint density at radius 2 is 1.93 bits per heavy atom. The van der Waals surface area contributed by atoms with Crippen LogP contribution >= 0.6 is 0 Å². The number of fused-ring (bicyclic) bond motifs is 1. The molecule has 0 unspecified atom stereocenters. The van der Waals surface area contributed by atoms with E-state index < -0.39 is 11.8 Å². The van der Waals surface area contributed by atoms with Gasteiger partial charge in [0.2, 0.25) is 0 Å². The first-order valence-corrected chi connectivity index (χ1v) is 8.72. The highest BCUT2D eigenvalue weighted by atomic mass is 16.5. The number of amides is 3. The molecular weight excluding hydrogens is 376 g/mol. The molecule has 0 radical (unpaired) electrons. The van der Waals surface area contributed by atoms with Crippen molar-refractivity contribution in [3.8, 4) is 5.69 Å². The summed E-state index contributed by atoms with van der Waals surface area (Å²) in [6, 6.07) is 11.4. The smallest absolute Gasteiger partial charge is 0.261 e. The minimum Gasteiger partial charge on any atom is -0.383 e. The Hall–Kier alpha value is -3.92. The molecule has 4 rings (SSSR count). The van der Waals surface area contributed by atoms with E-state index in [4.69, 9.17) is 4.74 Å². The Kier molecular flexibility index (Phi) is 4.83. The molecule has 10 nitrogen and oxygen atoms in total. The minimum absolute atomic E-state index is 0.161. The van der Waals surface area contributed by atoms with Gasteiger partial charge in [-0.05, 0) is 46.8 Å². The van der Waals surface area contributed by atoms with Crippen molar-refractivity contribution in [3.05, 3.63) is 65.5 Å². The molecule has 1 aromatic heterocycles. The van der Waals surface area contributed by atoms with Crippen molar-refractivity contribution in [1.29, 1.82) is 0 Å². The van der Waals surface area contributed by atoms with E-state index in [-0.39, 0.29) is 35.7 Å². The SMILES string of the molecule is COCCN1C(=O)c2ccc(C(=O)Nc3cccc(-n4cnnn4)c3)cc2C1=O. The summed E-state index contributed by atoms with van der Waals surface area (Å²) in [4.78, 5) is 38.7. The molecule has 2 aromatic carbocycles. The number of carbonyl (C=O) groups excluding carboxylic acids is 3. The van der Waals surface area contributed by atoms with Crippen LogP contribution in [-0.4, -0.2) is 63.1 Å². The van der Waals surface area contributed by atoms with Crippen LogP contribution < -0.4 is 5.32 Å². The fourth-order valence-electron chi connectivity index (χ4n) is 3.03. The molecule has 0 fully saturated rings. The predicted octanol–water partition coefficient (Wildman–Crippen LogP) is 1.16.